The van der Waals surface area contributed by atoms with Crippen molar-refractivity contribution in [1.82, 2.24) is 0 Å². The van der Waals surface area contributed by atoms with Crippen LogP contribution in [0.5, 0.6) is 0 Å². The Morgan fingerprint density at radius 1 is 1.40 bits per heavy atom. The molecule has 0 bridgehead atoms. The molecule has 0 spiro atoms. The standard InChI is InChI=1S/C13H18ClN/c1-9-8-11(14)4-5-12(9)15-10(2)13(3)6-7-13/h4-5,8,10,15H,6-7H2,1-3H3. The fourth-order valence-corrected chi connectivity index (χ4v) is 2.05. The van der Waals surface area contributed by atoms with E-state index in [0.29, 0.717) is 11.5 Å². The van der Waals surface area contributed by atoms with Gasteiger partial charge in [-0.2, -0.15) is 0 Å². The fraction of sp³-hybridized carbons (Fsp3) is 0.538. The lowest BCUT2D eigenvalue weighted by molar-refractivity contribution is 0.493. The average molecular weight is 224 g/mol. The lowest BCUT2D eigenvalue weighted by Gasteiger charge is -2.22. The minimum atomic E-state index is 0.506. The minimum Gasteiger partial charge on any atom is -0.382 e. The molecular weight excluding hydrogens is 206 g/mol. The van der Waals surface area contributed by atoms with Gasteiger partial charge in [-0.15, -0.1) is 0 Å². The van der Waals surface area contributed by atoms with Crippen LogP contribution in [0.15, 0.2) is 18.2 Å². The van der Waals surface area contributed by atoms with Gasteiger partial charge in [-0.05, 0) is 55.9 Å². The predicted octanol–water partition coefficient (Wildman–Crippen LogP) is 4.25. The van der Waals surface area contributed by atoms with Crippen molar-refractivity contribution in [3.8, 4) is 0 Å². The van der Waals surface area contributed by atoms with Gasteiger partial charge in [-0.25, -0.2) is 0 Å². The zero-order chi connectivity index (χ0) is 11.1. The lowest BCUT2D eigenvalue weighted by Crippen LogP contribution is -2.25. The summed E-state index contributed by atoms with van der Waals surface area (Å²) >= 11 is 5.93. The van der Waals surface area contributed by atoms with Crippen molar-refractivity contribution >= 4 is 17.3 Å². The number of anilines is 1. The zero-order valence-corrected chi connectivity index (χ0v) is 10.4. The molecule has 0 heterocycles. The maximum absolute atomic E-state index is 5.93. The van der Waals surface area contributed by atoms with Crippen molar-refractivity contribution in [3.05, 3.63) is 28.8 Å². The molecule has 1 N–H and O–H groups in total. The van der Waals surface area contributed by atoms with E-state index in [0.717, 1.165) is 5.02 Å². The van der Waals surface area contributed by atoms with Gasteiger partial charge in [0.1, 0.15) is 0 Å². The van der Waals surface area contributed by atoms with Crippen LogP contribution >= 0.6 is 11.6 Å². The molecule has 0 aromatic heterocycles. The van der Waals surface area contributed by atoms with Crippen LogP contribution in [0.2, 0.25) is 5.02 Å². The molecular formula is C13H18ClN. The van der Waals surface area contributed by atoms with Crippen molar-refractivity contribution < 1.29 is 0 Å². The van der Waals surface area contributed by atoms with Crippen LogP contribution in [0.1, 0.15) is 32.3 Å². The molecule has 1 aromatic rings. The van der Waals surface area contributed by atoms with Crippen LogP contribution in [0.3, 0.4) is 0 Å². The van der Waals surface area contributed by atoms with Crippen molar-refractivity contribution in [1.29, 1.82) is 0 Å². The lowest BCUT2D eigenvalue weighted by atomic mass is 10.00. The van der Waals surface area contributed by atoms with E-state index in [4.69, 9.17) is 11.6 Å². The van der Waals surface area contributed by atoms with Gasteiger partial charge in [0.25, 0.3) is 0 Å². The van der Waals surface area contributed by atoms with Crippen LogP contribution in [-0.2, 0) is 0 Å². The largest absolute Gasteiger partial charge is 0.382 e. The van der Waals surface area contributed by atoms with Gasteiger partial charge < -0.3 is 5.32 Å². The first-order chi connectivity index (χ1) is 7.01. The Hall–Kier alpha value is -0.690. The third kappa shape index (κ3) is 2.28. The second kappa shape index (κ2) is 3.71. The van der Waals surface area contributed by atoms with Crippen molar-refractivity contribution in [2.75, 3.05) is 5.32 Å². The van der Waals surface area contributed by atoms with E-state index in [1.807, 2.05) is 12.1 Å². The van der Waals surface area contributed by atoms with Gasteiger partial charge >= 0.3 is 0 Å². The first-order valence-electron chi connectivity index (χ1n) is 5.54. The van der Waals surface area contributed by atoms with Crippen LogP contribution in [0.25, 0.3) is 0 Å². The summed E-state index contributed by atoms with van der Waals surface area (Å²) < 4.78 is 0. The van der Waals surface area contributed by atoms with Crippen molar-refractivity contribution in [3.63, 3.8) is 0 Å². The van der Waals surface area contributed by atoms with Crippen LogP contribution in [0, 0.1) is 12.3 Å². The number of rotatable bonds is 3. The highest BCUT2D eigenvalue weighted by atomic mass is 35.5. The smallest absolute Gasteiger partial charge is 0.0410 e. The number of benzene rings is 1. The molecule has 1 fully saturated rings. The molecule has 1 aromatic carbocycles. The normalized spacial score (nSPS) is 19.7. The molecule has 1 aliphatic rings. The molecule has 1 aliphatic carbocycles. The summed E-state index contributed by atoms with van der Waals surface area (Å²) in [4.78, 5) is 0. The van der Waals surface area contributed by atoms with E-state index >= 15 is 0 Å². The van der Waals surface area contributed by atoms with Gasteiger partial charge in [-0.1, -0.05) is 18.5 Å². The molecule has 0 radical (unpaired) electrons. The molecule has 1 nitrogen and oxygen atoms in total. The van der Waals surface area contributed by atoms with Crippen LogP contribution < -0.4 is 5.32 Å². The second-order valence-corrected chi connectivity index (χ2v) is 5.42. The Morgan fingerprint density at radius 2 is 2.07 bits per heavy atom. The maximum Gasteiger partial charge on any atom is 0.0410 e. The van der Waals surface area contributed by atoms with E-state index in [1.165, 1.54) is 24.1 Å². The van der Waals surface area contributed by atoms with E-state index in [2.05, 4.69) is 32.2 Å². The number of aryl methyl sites for hydroxylation is 1. The van der Waals surface area contributed by atoms with E-state index in [1.54, 1.807) is 0 Å². The number of nitrogens with one attached hydrogen (secondary N) is 1. The second-order valence-electron chi connectivity index (χ2n) is 4.98. The van der Waals surface area contributed by atoms with E-state index in [-0.39, 0.29) is 0 Å². The Morgan fingerprint density at radius 3 is 2.60 bits per heavy atom. The summed E-state index contributed by atoms with van der Waals surface area (Å²) in [6, 6.07) is 6.56. The third-order valence-corrected chi connectivity index (χ3v) is 3.88. The van der Waals surface area contributed by atoms with E-state index in [9.17, 15) is 0 Å². The first kappa shape index (κ1) is 10.8. The highest BCUT2D eigenvalue weighted by molar-refractivity contribution is 6.30. The predicted molar refractivity (Wildman–Crippen MR) is 66.6 cm³/mol. The number of hydrogen-bond donors (Lipinski definition) is 1. The molecule has 0 amide bonds. The Balaban J connectivity index is 2.10. The Labute approximate surface area is 96.8 Å². The molecule has 1 atom stereocenters. The van der Waals surface area contributed by atoms with Crippen LogP contribution in [-0.4, -0.2) is 6.04 Å². The van der Waals surface area contributed by atoms with Gasteiger partial charge in [0.15, 0.2) is 0 Å². The maximum atomic E-state index is 5.93. The van der Waals surface area contributed by atoms with Crippen molar-refractivity contribution in [2.24, 2.45) is 5.41 Å². The Kier molecular flexibility index (Phi) is 2.68. The monoisotopic (exact) mass is 223 g/mol. The molecule has 82 valence electrons. The molecule has 1 unspecified atom stereocenters. The summed E-state index contributed by atoms with van der Waals surface area (Å²) in [5, 5.41) is 4.39. The Bertz CT molecular complexity index is 369. The summed E-state index contributed by atoms with van der Waals surface area (Å²) in [5.41, 5.74) is 2.94. The van der Waals surface area contributed by atoms with Gasteiger partial charge in [0, 0.05) is 16.8 Å². The summed E-state index contributed by atoms with van der Waals surface area (Å²) in [6.45, 7) is 6.70. The minimum absolute atomic E-state index is 0.506. The van der Waals surface area contributed by atoms with Crippen molar-refractivity contribution in [2.45, 2.75) is 39.7 Å². The zero-order valence-electron chi connectivity index (χ0n) is 9.60. The highest BCUT2D eigenvalue weighted by Crippen LogP contribution is 2.48. The van der Waals surface area contributed by atoms with Gasteiger partial charge in [0.05, 0.1) is 0 Å². The molecule has 1 saturated carbocycles. The first-order valence-corrected chi connectivity index (χ1v) is 5.92. The van der Waals surface area contributed by atoms with Gasteiger partial charge in [-0.3, -0.25) is 0 Å². The summed E-state index contributed by atoms with van der Waals surface area (Å²) in [6.07, 6.45) is 2.68. The molecule has 2 rings (SSSR count). The SMILES string of the molecule is Cc1cc(Cl)ccc1NC(C)C1(C)CC1. The van der Waals surface area contributed by atoms with E-state index < -0.39 is 0 Å². The highest BCUT2D eigenvalue weighted by Gasteiger charge is 2.42. The molecule has 2 heteroatoms. The fourth-order valence-electron chi connectivity index (χ4n) is 1.83. The van der Waals surface area contributed by atoms with Gasteiger partial charge in [0.2, 0.25) is 0 Å². The number of halogens is 1. The quantitative estimate of drug-likeness (QED) is 0.808. The molecule has 0 saturated heterocycles. The third-order valence-electron chi connectivity index (χ3n) is 3.64. The average Bonchev–Trinajstić information content (AvgIpc) is 2.90. The molecule has 15 heavy (non-hydrogen) atoms. The van der Waals surface area contributed by atoms with Crippen LogP contribution in [0.4, 0.5) is 5.69 Å². The summed E-state index contributed by atoms with van der Waals surface area (Å²) in [7, 11) is 0. The summed E-state index contributed by atoms with van der Waals surface area (Å²) in [5.74, 6) is 0. The number of hydrogen-bond acceptors (Lipinski definition) is 1. The molecule has 0 aliphatic heterocycles. The topological polar surface area (TPSA) is 12.0 Å².